The molecule has 4 rings (SSSR count). The van der Waals surface area contributed by atoms with Gasteiger partial charge in [-0.2, -0.15) is 0 Å². The van der Waals surface area contributed by atoms with Crippen molar-refractivity contribution in [2.24, 2.45) is 52.3 Å². The zero-order chi connectivity index (χ0) is 21.0. The number of rotatable bonds is 5. The number of fused-ring (bicyclic) bond motifs is 5. The van der Waals surface area contributed by atoms with Gasteiger partial charge in [0.2, 0.25) is 0 Å². The first kappa shape index (κ1) is 22.1. The SMILES string of the molecule is CC(C)CCC[C@@H](C)C1C[C@H](O)C2C3CC[C@H]4CC(O)CCC4(C)C3CCC12C. The lowest BCUT2D eigenvalue weighted by molar-refractivity contribution is -0.142. The minimum atomic E-state index is -0.0836. The van der Waals surface area contributed by atoms with Crippen molar-refractivity contribution < 1.29 is 10.2 Å². The molecule has 7 unspecified atom stereocenters. The quantitative estimate of drug-likeness (QED) is 0.553. The Kier molecular flexibility index (Phi) is 6.19. The molecule has 29 heavy (non-hydrogen) atoms. The van der Waals surface area contributed by atoms with E-state index in [2.05, 4.69) is 34.6 Å². The Balaban J connectivity index is 1.51. The van der Waals surface area contributed by atoms with Crippen molar-refractivity contribution in [1.82, 2.24) is 0 Å². The van der Waals surface area contributed by atoms with E-state index in [0.29, 0.717) is 34.5 Å². The highest BCUT2D eigenvalue weighted by atomic mass is 16.3. The standard InChI is InChI=1S/C27H48O2/c1-17(2)7-6-8-18(3)23-16-24(29)25-21-10-9-19-15-20(28)11-13-26(19,4)22(21)12-14-27(23,25)5/h17-25,28-29H,6-16H2,1-5H3/t18-,19+,20?,21?,22?,23?,24+,25?,26?,27?/m1/s1. The first-order valence-corrected chi connectivity index (χ1v) is 13.0. The van der Waals surface area contributed by atoms with Crippen LogP contribution in [-0.2, 0) is 0 Å². The molecule has 0 amide bonds. The van der Waals surface area contributed by atoms with Gasteiger partial charge in [0, 0.05) is 0 Å². The van der Waals surface area contributed by atoms with Crippen LogP contribution in [0.25, 0.3) is 0 Å². The van der Waals surface area contributed by atoms with Gasteiger partial charge in [0.15, 0.2) is 0 Å². The Bertz CT molecular complexity index is 573. The molecule has 2 N–H and O–H groups in total. The minimum absolute atomic E-state index is 0.0633. The molecule has 4 aliphatic rings. The van der Waals surface area contributed by atoms with Gasteiger partial charge in [-0.3, -0.25) is 0 Å². The summed E-state index contributed by atoms with van der Waals surface area (Å²) in [6, 6.07) is 0. The largest absolute Gasteiger partial charge is 0.393 e. The highest BCUT2D eigenvalue weighted by Gasteiger charge is 2.63. The van der Waals surface area contributed by atoms with Gasteiger partial charge in [0.25, 0.3) is 0 Å². The van der Waals surface area contributed by atoms with E-state index >= 15 is 0 Å². The minimum Gasteiger partial charge on any atom is -0.393 e. The third-order valence-electron chi connectivity index (χ3n) is 10.8. The van der Waals surface area contributed by atoms with Crippen molar-refractivity contribution in [2.45, 2.75) is 117 Å². The van der Waals surface area contributed by atoms with Gasteiger partial charge >= 0.3 is 0 Å². The lowest BCUT2D eigenvalue weighted by Gasteiger charge is -2.61. The highest BCUT2D eigenvalue weighted by Crippen LogP contribution is 2.68. The molecule has 0 spiro atoms. The highest BCUT2D eigenvalue weighted by molar-refractivity contribution is 5.12. The van der Waals surface area contributed by atoms with E-state index in [-0.39, 0.29) is 12.2 Å². The summed E-state index contributed by atoms with van der Waals surface area (Å²) < 4.78 is 0. The van der Waals surface area contributed by atoms with Gasteiger partial charge in [0.1, 0.15) is 0 Å². The number of aliphatic hydroxyl groups is 2. The predicted molar refractivity (Wildman–Crippen MR) is 120 cm³/mol. The van der Waals surface area contributed by atoms with Crippen molar-refractivity contribution >= 4 is 0 Å². The molecule has 168 valence electrons. The van der Waals surface area contributed by atoms with Crippen LogP contribution in [-0.4, -0.2) is 22.4 Å². The Morgan fingerprint density at radius 2 is 1.59 bits per heavy atom. The maximum absolute atomic E-state index is 11.3. The topological polar surface area (TPSA) is 40.5 Å². The molecule has 2 nitrogen and oxygen atoms in total. The van der Waals surface area contributed by atoms with Crippen molar-refractivity contribution in [3.63, 3.8) is 0 Å². The Morgan fingerprint density at radius 3 is 2.31 bits per heavy atom. The predicted octanol–water partition coefficient (Wildman–Crippen LogP) is 6.44. The second-order valence-corrected chi connectivity index (χ2v) is 12.8. The molecule has 0 aliphatic heterocycles. The van der Waals surface area contributed by atoms with Crippen LogP contribution in [0.1, 0.15) is 105 Å². The summed E-state index contributed by atoms with van der Waals surface area (Å²) in [5, 5.41) is 21.6. The van der Waals surface area contributed by atoms with E-state index in [1.165, 1.54) is 51.4 Å². The third-order valence-corrected chi connectivity index (χ3v) is 10.8. The summed E-state index contributed by atoms with van der Waals surface area (Å²) >= 11 is 0. The zero-order valence-corrected chi connectivity index (χ0v) is 19.9. The number of aliphatic hydroxyl groups excluding tert-OH is 2. The molecule has 4 fully saturated rings. The van der Waals surface area contributed by atoms with Crippen LogP contribution in [0.3, 0.4) is 0 Å². The lowest BCUT2D eigenvalue weighted by atomic mass is 9.44. The maximum atomic E-state index is 11.3. The summed E-state index contributed by atoms with van der Waals surface area (Å²) in [5.74, 6) is 4.97. The molecule has 0 heterocycles. The normalized spacial score (nSPS) is 50.7. The average molecular weight is 405 g/mol. The molecule has 2 heteroatoms. The van der Waals surface area contributed by atoms with Gasteiger partial charge in [-0.25, -0.2) is 0 Å². The number of hydrogen-bond donors (Lipinski definition) is 2. The van der Waals surface area contributed by atoms with E-state index in [0.717, 1.165) is 37.0 Å². The summed E-state index contributed by atoms with van der Waals surface area (Å²) in [6.45, 7) is 12.3. The Labute approximate surface area is 180 Å². The average Bonchev–Trinajstić information content (AvgIpc) is 2.93. The van der Waals surface area contributed by atoms with Gasteiger partial charge in [-0.05, 0) is 104 Å². The third kappa shape index (κ3) is 3.73. The summed E-state index contributed by atoms with van der Waals surface area (Å²) in [7, 11) is 0. The van der Waals surface area contributed by atoms with E-state index in [9.17, 15) is 10.2 Å². The molecule has 0 aromatic heterocycles. The van der Waals surface area contributed by atoms with Gasteiger partial charge < -0.3 is 10.2 Å². The molecule has 4 saturated carbocycles. The first-order chi connectivity index (χ1) is 13.7. The van der Waals surface area contributed by atoms with Crippen LogP contribution < -0.4 is 0 Å². The molecule has 0 saturated heterocycles. The first-order valence-electron chi connectivity index (χ1n) is 13.0. The molecular formula is C27H48O2. The Hall–Kier alpha value is -0.0800. The monoisotopic (exact) mass is 404 g/mol. The van der Waals surface area contributed by atoms with E-state index < -0.39 is 0 Å². The van der Waals surface area contributed by atoms with E-state index in [4.69, 9.17) is 0 Å². The van der Waals surface area contributed by atoms with E-state index in [1.807, 2.05) is 0 Å². The second kappa shape index (κ2) is 8.12. The maximum Gasteiger partial charge on any atom is 0.0579 e. The molecule has 0 aromatic rings. The van der Waals surface area contributed by atoms with Gasteiger partial charge in [0.05, 0.1) is 12.2 Å². The molecule has 0 aromatic carbocycles. The van der Waals surface area contributed by atoms with Crippen molar-refractivity contribution in [1.29, 1.82) is 0 Å². The van der Waals surface area contributed by atoms with Crippen LogP contribution >= 0.6 is 0 Å². The second-order valence-electron chi connectivity index (χ2n) is 12.8. The Morgan fingerprint density at radius 1 is 0.862 bits per heavy atom. The smallest absolute Gasteiger partial charge is 0.0579 e. The molecule has 0 radical (unpaired) electrons. The van der Waals surface area contributed by atoms with Gasteiger partial charge in [-0.1, -0.05) is 53.9 Å². The summed E-state index contributed by atoms with van der Waals surface area (Å²) in [6.07, 6.45) is 13.4. The zero-order valence-electron chi connectivity index (χ0n) is 19.9. The summed E-state index contributed by atoms with van der Waals surface area (Å²) in [4.78, 5) is 0. The fraction of sp³-hybridized carbons (Fsp3) is 1.00. The van der Waals surface area contributed by atoms with Crippen LogP contribution in [0.15, 0.2) is 0 Å². The van der Waals surface area contributed by atoms with Crippen LogP contribution in [0, 0.1) is 52.3 Å². The van der Waals surface area contributed by atoms with Crippen LogP contribution in [0.2, 0.25) is 0 Å². The van der Waals surface area contributed by atoms with E-state index in [1.54, 1.807) is 0 Å². The number of hydrogen-bond acceptors (Lipinski definition) is 2. The fourth-order valence-corrected chi connectivity index (χ4v) is 9.28. The molecule has 10 atom stereocenters. The van der Waals surface area contributed by atoms with Crippen molar-refractivity contribution in [3.8, 4) is 0 Å². The lowest BCUT2D eigenvalue weighted by Crippen LogP contribution is -2.55. The fourth-order valence-electron chi connectivity index (χ4n) is 9.28. The molecule has 0 bridgehead atoms. The van der Waals surface area contributed by atoms with Crippen molar-refractivity contribution in [2.75, 3.05) is 0 Å². The molecule has 4 aliphatic carbocycles. The van der Waals surface area contributed by atoms with Crippen molar-refractivity contribution in [3.05, 3.63) is 0 Å². The van der Waals surface area contributed by atoms with Gasteiger partial charge in [-0.15, -0.1) is 0 Å². The van der Waals surface area contributed by atoms with Crippen LogP contribution in [0.5, 0.6) is 0 Å². The summed E-state index contributed by atoms with van der Waals surface area (Å²) in [5.41, 5.74) is 0.749. The van der Waals surface area contributed by atoms with Crippen LogP contribution in [0.4, 0.5) is 0 Å². The molecular weight excluding hydrogens is 356 g/mol.